The van der Waals surface area contributed by atoms with E-state index in [1.807, 2.05) is 63.5 Å². The van der Waals surface area contributed by atoms with Crippen LogP contribution in [-0.4, -0.2) is 30.5 Å². The third kappa shape index (κ3) is 3.76. The Hall–Kier alpha value is -3.10. The lowest BCUT2D eigenvalue weighted by molar-refractivity contribution is 0.310. The van der Waals surface area contributed by atoms with Gasteiger partial charge in [-0.1, -0.05) is 48.5 Å². The van der Waals surface area contributed by atoms with E-state index in [1.165, 1.54) is 5.56 Å². The number of nitrogens with one attached hydrogen (secondary N) is 1. The highest BCUT2D eigenvalue weighted by Gasteiger charge is 2.19. The summed E-state index contributed by atoms with van der Waals surface area (Å²) < 4.78 is 5.88. The highest BCUT2D eigenvalue weighted by molar-refractivity contribution is 5.62. The molecule has 0 aliphatic heterocycles. The third-order valence-electron chi connectivity index (χ3n) is 4.37. The Morgan fingerprint density at radius 3 is 2.46 bits per heavy atom. The second kappa shape index (κ2) is 7.85. The SMILES string of the molecule is Cc1ccccc1-c1nc(C#N)c(NC[C@@H](c2ccccc2)N(C)C)o1. The molecule has 1 atom stereocenters. The first-order chi connectivity index (χ1) is 12.6. The Morgan fingerprint density at radius 1 is 1.12 bits per heavy atom. The Balaban J connectivity index is 1.84. The van der Waals surface area contributed by atoms with Gasteiger partial charge >= 0.3 is 0 Å². The first-order valence-corrected chi connectivity index (χ1v) is 8.52. The molecule has 3 aromatic rings. The fraction of sp³-hybridized carbons (Fsp3) is 0.238. The van der Waals surface area contributed by atoms with E-state index in [4.69, 9.17) is 4.42 Å². The number of anilines is 1. The fourth-order valence-electron chi connectivity index (χ4n) is 2.91. The monoisotopic (exact) mass is 346 g/mol. The van der Waals surface area contributed by atoms with Crippen LogP contribution in [0.4, 0.5) is 5.88 Å². The van der Waals surface area contributed by atoms with Crippen molar-refractivity contribution in [1.82, 2.24) is 9.88 Å². The first kappa shape index (κ1) is 17.7. The molecule has 0 bridgehead atoms. The lowest BCUT2D eigenvalue weighted by Crippen LogP contribution is -2.26. The van der Waals surface area contributed by atoms with Gasteiger partial charge in [-0.3, -0.25) is 0 Å². The molecule has 0 aliphatic rings. The number of nitriles is 1. The molecule has 0 unspecified atom stereocenters. The van der Waals surface area contributed by atoms with E-state index >= 15 is 0 Å². The lowest BCUT2D eigenvalue weighted by Gasteiger charge is -2.24. The molecule has 0 amide bonds. The van der Waals surface area contributed by atoms with Gasteiger partial charge in [-0.05, 0) is 38.2 Å². The minimum atomic E-state index is 0.148. The van der Waals surface area contributed by atoms with Gasteiger partial charge in [-0.2, -0.15) is 10.2 Å². The molecule has 132 valence electrons. The molecule has 3 rings (SSSR count). The standard InChI is InChI=1S/C21H22N4O/c1-15-9-7-8-12-17(15)20-24-18(13-22)21(26-20)23-14-19(25(2)3)16-10-5-4-6-11-16/h4-12,19,23H,14H2,1-3H3/t19-/m0/s1. The molecule has 1 N–H and O–H groups in total. The minimum Gasteiger partial charge on any atom is -0.419 e. The topological polar surface area (TPSA) is 65.1 Å². The van der Waals surface area contributed by atoms with Crippen molar-refractivity contribution in [2.75, 3.05) is 26.0 Å². The second-order valence-electron chi connectivity index (χ2n) is 6.39. The van der Waals surface area contributed by atoms with Gasteiger partial charge in [-0.15, -0.1) is 0 Å². The number of hydrogen-bond acceptors (Lipinski definition) is 5. The zero-order valence-corrected chi connectivity index (χ0v) is 15.2. The number of oxazole rings is 1. The zero-order chi connectivity index (χ0) is 18.5. The summed E-state index contributed by atoms with van der Waals surface area (Å²) in [5.74, 6) is 0.872. The average Bonchev–Trinajstić information content (AvgIpc) is 3.06. The number of aromatic nitrogens is 1. The summed E-state index contributed by atoms with van der Waals surface area (Å²) in [6.45, 7) is 2.60. The van der Waals surface area contributed by atoms with Crippen LogP contribution in [-0.2, 0) is 0 Å². The Labute approximate surface area is 153 Å². The molecule has 5 heteroatoms. The van der Waals surface area contributed by atoms with Crippen molar-refractivity contribution < 1.29 is 4.42 Å². The largest absolute Gasteiger partial charge is 0.419 e. The van der Waals surface area contributed by atoms with Crippen molar-refractivity contribution in [3.05, 3.63) is 71.4 Å². The number of aryl methyl sites for hydroxylation is 1. The van der Waals surface area contributed by atoms with Crippen molar-refractivity contribution >= 4 is 5.88 Å². The van der Waals surface area contributed by atoms with Crippen LogP contribution in [0.25, 0.3) is 11.5 Å². The van der Waals surface area contributed by atoms with Crippen molar-refractivity contribution in [3.63, 3.8) is 0 Å². The molecule has 5 nitrogen and oxygen atoms in total. The maximum Gasteiger partial charge on any atom is 0.232 e. The van der Waals surface area contributed by atoms with Gasteiger partial charge in [0.1, 0.15) is 6.07 Å². The van der Waals surface area contributed by atoms with Crippen LogP contribution >= 0.6 is 0 Å². The van der Waals surface area contributed by atoms with E-state index < -0.39 is 0 Å². The predicted octanol–water partition coefficient (Wildman–Crippen LogP) is 4.24. The summed E-state index contributed by atoms with van der Waals surface area (Å²) >= 11 is 0. The summed E-state index contributed by atoms with van der Waals surface area (Å²) in [5.41, 5.74) is 3.42. The summed E-state index contributed by atoms with van der Waals surface area (Å²) in [6, 6.07) is 20.3. The van der Waals surface area contributed by atoms with Crippen molar-refractivity contribution in [3.8, 4) is 17.5 Å². The van der Waals surface area contributed by atoms with Crippen LogP contribution in [0.1, 0.15) is 22.9 Å². The summed E-state index contributed by atoms with van der Waals surface area (Å²) in [5, 5.41) is 12.7. The molecule has 1 aromatic heterocycles. The minimum absolute atomic E-state index is 0.148. The van der Waals surface area contributed by atoms with Gasteiger partial charge in [0.2, 0.25) is 17.5 Å². The summed E-state index contributed by atoms with van der Waals surface area (Å²) in [7, 11) is 4.06. The molecule has 26 heavy (non-hydrogen) atoms. The Bertz CT molecular complexity index is 909. The van der Waals surface area contributed by atoms with Crippen LogP contribution in [0.2, 0.25) is 0 Å². The predicted molar refractivity (Wildman–Crippen MR) is 103 cm³/mol. The molecule has 1 heterocycles. The summed E-state index contributed by atoms with van der Waals surface area (Å²) in [4.78, 5) is 6.48. The van der Waals surface area contributed by atoms with E-state index in [2.05, 4.69) is 33.4 Å². The molecule has 0 radical (unpaired) electrons. The average molecular weight is 346 g/mol. The first-order valence-electron chi connectivity index (χ1n) is 8.52. The Morgan fingerprint density at radius 2 is 1.81 bits per heavy atom. The van der Waals surface area contributed by atoms with Gasteiger partial charge in [0.15, 0.2) is 0 Å². The van der Waals surface area contributed by atoms with Gasteiger partial charge in [0.25, 0.3) is 0 Å². The van der Waals surface area contributed by atoms with E-state index in [-0.39, 0.29) is 11.7 Å². The van der Waals surface area contributed by atoms with Crippen LogP contribution in [0.5, 0.6) is 0 Å². The Kier molecular flexibility index (Phi) is 5.35. The van der Waals surface area contributed by atoms with Gasteiger partial charge in [0.05, 0.1) is 6.04 Å². The smallest absolute Gasteiger partial charge is 0.232 e. The van der Waals surface area contributed by atoms with Crippen LogP contribution in [0, 0.1) is 18.3 Å². The number of rotatable bonds is 6. The highest BCUT2D eigenvalue weighted by atomic mass is 16.4. The van der Waals surface area contributed by atoms with E-state index in [1.54, 1.807) is 0 Å². The van der Waals surface area contributed by atoms with E-state index in [0.717, 1.165) is 11.1 Å². The lowest BCUT2D eigenvalue weighted by atomic mass is 10.1. The van der Waals surface area contributed by atoms with Crippen LogP contribution in [0.15, 0.2) is 59.0 Å². The molecule has 2 aromatic carbocycles. The van der Waals surface area contributed by atoms with Crippen LogP contribution in [0.3, 0.4) is 0 Å². The van der Waals surface area contributed by atoms with Crippen LogP contribution < -0.4 is 5.32 Å². The number of likely N-dealkylation sites (N-methyl/N-ethyl adjacent to an activating group) is 1. The van der Waals surface area contributed by atoms with Gasteiger partial charge in [0, 0.05) is 12.1 Å². The molecule has 0 saturated heterocycles. The maximum absolute atomic E-state index is 9.42. The molecular formula is C21H22N4O. The van der Waals surface area contributed by atoms with Gasteiger partial charge < -0.3 is 14.6 Å². The maximum atomic E-state index is 9.42. The second-order valence-corrected chi connectivity index (χ2v) is 6.39. The highest BCUT2D eigenvalue weighted by Crippen LogP contribution is 2.28. The number of nitrogens with zero attached hydrogens (tertiary/aromatic N) is 3. The number of hydrogen-bond donors (Lipinski definition) is 1. The third-order valence-corrected chi connectivity index (χ3v) is 4.37. The van der Waals surface area contributed by atoms with E-state index in [9.17, 15) is 5.26 Å². The van der Waals surface area contributed by atoms with Crippen molar-refractivity contribution in [2.24, 2.45) is 0 Å². The van der Waals surface area contributed by atoms with Crippen molar-refractivity contribution in [1.29, 1.82) is 5.26 Å². The molecular weight excluding hydrogens is 324 g/mol. The van der Waals surface area contributed by atoms with Crippen molar-refractivity contribution in [2.45, 2.75) is 13.0 Å². The summed E-state index contributed by atoms with van der Waals surface area (Å²) in [6.07, 6.45) is 0. The van der Waals surface area contributed by atoms with Gasteiger partial charge in [-0.25, -0.2) is 0 Å². The fourth-order valence-corrected chi connectivity index (χ4v) is 2.91. The molecule has 0 spiro atoms. The number of benzene rings is 2. The van der Waals surface area contributed by atoms with E-state index in [0.29, 0.717) is 18.3 Å². The zero-order valence-electron chi connectivity index (χ0n) is 15.2. The molecule has 0 fully saturated rings. The molecule has 0 aliphatic carbocycles. The molecule has 0 saturated carbocycles. The normalized spacial score (nSPS) is 12.0. The quantitative estimate of drug-likeness (QED) is 0.723.